The summed E-state index contributed by atoms with van der Waals surface area (Å²) in [5, 5.41) is 3.67. The SMILES string of the molecule is CC(=O)OCCCC(CN=[N+]=[N-])[Se]c1ccccc1. The van der Waals surface area contributed by atoms with Crippen LogP contribution in [0, 0.1) is 0 Å². The van der Waals surface area contributed by atoms with Crippen LogP contribution < -0.4 is 4.46 Å². The molecule has 0 aromatic heterocycles. The summed E-state index contributed by atoms with van der Waals surface area (Å²) in [5.41, 5.74) is 8.42. The Morgan fingerprint density at radius 2 is 2.21 bits per heavy atom. The van der Waals surface area contributed by atoms with Crippen molar-refractivity contribution in [3.63, 3.8) is 0 Å². The van der Waals surface area contributed by atoms with Crippen molar-refractivity contribution in [3.05, 3.63) is 40.8 Å². The number of nitrogens with zero attached hydrogens (tertiary/aromatic N) is 3. The summed E-state index contributed by atoms with van der Waals surface area (Å²) in [5.74, 6) is -0.250. The van der Waals surface area contributed by atoms with Crippen molar-refractivity contribution in [2.75, 3.05) is 13.2 Å². The average Bonchev–Trinajstić information content (AvgIpc) is 2.41. The number of ether oxygens (including phenoxy) is 1. The van der Waals surface area contributed by atoms with E-state index in [0.717, 1.165) is 12.8 Å². The van der Waals surface area contributed by atoms with Gasteiger partial charge in [-0.05, 0) is 0 Å². The third-order valence-electron chi connectivity index (χ3n) is 2.37. The zero-order chi connectivity index (χ0) is 13.9. The summed E-state index contributed by atoms with van der Waals surface area (Å²) in [7, 11) is 0. The van der Waals surface area contributed by atoms with E-state index in [-0.39, 0.29) is 20.9 Å². The van der Waals surface area contributed by atoms with E-state index in [2.05, 4.69) is 22.2 Å². The molecule has 0 amide bonds. The number of rotatable bonds is 8. The maximum absolute atomic E-state index is 10.7. The summed E-state index contributed by atoms with van der Waals surface area (Å²) >= 11 is 0.270. The van der Waals surface area contributed by atoms with E-state index in [1.165, 1.54) is 11.4 Å². The fourth-order valence-corrected chi connectivity index (χ4v) is 3.89. The number of carbonyl (C=O) groups is 1. The molecule has 0 saturated carbocycles. The molecule has 1 atom stereocenters. The Kier molecular flexibility index (Phi) is 7.75. The topological polar surface area (TPSA) is 75.1 Å². The van der Waals surface area contributed by atoms with Gasteiger partial charge in [-0.25, -0.2) is 0 Å². The number of carbonyl (C=O) groups excluding carboxylic acids is 1. The van der Waals surface area contributed by atoms with Crippen molar-refractivity contribution in [1.29, 1.82) is 0 Å². The Balaban J connectivity index is 2.42. The molecule has 0 spiro atoms. The van der Waals surface area contributed by atoms with Gasteiger partial charge < -0.3 is 0 Å². The molecule has 19 heavy (non-hydrogen) atoms. The average molecular weight is 326 g/mol. The zero-order valence-electron chi connectivity index (χ0n) is 10.9. The fraction of sp³-hybridized carbons (Fsp3) is 0.462. The number of esters is 1. The van der Waals surface area contributed by atoms with Gasteiger partial charge in [-0.2, -0.15) is 0 Å². The molecule has 0 saturated heterocycles. The van der Waals surface area contributed by atoms with Crippen LogP contribution >= 0.6 is 0 Å². The summed E-state index contributed by atoms with van der Waals surface area (Å²) in [6, 6.07) is 10.2. The molecule has 1 aromatic rings. The van der Waals surface area contributed by atoms with Crippen LogP contribution in [0.4, 0.5) is 0 Å². The minimum absolute atomic E-state index is 0.250. The normalized spacial score (nSPS) is 11.4. The molecule has 102 valence electrons. The zero-order valence-corrected chi connectivity index (χ0v) is 12.6. The third kappa shape index (κ3) is 7.52. The molecular formula is C13H17N3O2Se. The molecular weight excluding hydrogens is 309 g/mol. The molecule has 0 N–H and O–H groups in total. The molecule has 5 nitrogen and oxygen atoms in total. The minimum atomic E-state index is -0.250. The molecule has 0 aliphatic heterocycles. The second-order valence-electron chi connectivity index (χ2n) is 3.95. The summed E-state index contributed by atoms with van der Waals surface area (Å²) < 4.78 is 6.20. The first-order chi connectivity index (χ1) is 9.22. The molecule has 1 rings (SSSR count). The van der Waals surface area contributed by atoms with E-state index in [9.17, 15) is 4.79 Å². The number of benzene rings is 1. The molecule has 0 fully saturated rings. The molecule has 0 aliphatic carbocycles. The molecule has 6 heteroatoms. The molecule has 1 unspecified atom stereocenters. The van der Waals surface area contributed by atoms with Crippen molar-refractivity contribution in [3.8, 4) is 0 Å². The maximum atomic E-state index is 10.7. The van der Waals surface area contributed by atoms with E-state index in [1.54, 1.807) is 0 Å². The molecule has 0 bridgehead atoms. The quantitative estimate of drug-likeness (QED) is 0.184. The van der Waals surface area contributed by atoms with Gasteiger partial charge in [0.2, 0.25) is 0 Å². The summed E-state index contributed by atoms with van der Waals surface area (Å²) in [6.45, 7) is 2.35. The second-order valence-corrected chi connectivity index (χ2v) is 6.83. The second kappa shape index (κ2) is 9.45. The molecule has 0 aliphatic rings. The van der Waals surface area contributed by atoms with Crippen molar-refractivity contribution >= 4 is 25.4 Å². The summed E-state index contributed by atoms with van der Waals surface area (Å²) in [4.78, 5) is 13.8. The van der Waals surface area contributed by atoms with Gasteiger partial charge in [0.15, 0.2) is 0 Å². The molecule has 1 aromatic carbocycles. The predicted molar refractivity (Wildman–Crippen MR) is 75.5 cm³/mol. The van der Waals surface area contributed by atoms with Gasteiger partial charge in [0, 0.05) is 0 Å². The number of hydrogen-bond acceptors (Lipinski definition) is 3. The molecule has 0 heterocycles. The first kappa shape index (κ1) is 15.6. The fourth-order valence-electron chi connectivity index (χ4n) is 1.53. The predicted octanol–water partition coefficient (Wildman–Crippen LogP) is 2.46. The molecule has 0 radical (unpaired) electrons. The van der Waals surface area contributed by atoms with E-state index in [0.29, 0.717) is 18.0 Å². The van der Waals surface area contributed by atoms with E-state index < -0.39 is 0 Å². The van der Waals surface area contributed by atoms with Gasteiger partial charge in [-0.3, -0.25) is 0 Å². The van der Waals surface area contributed by atoms with E-state index in [4.69, 9.17) is 10.3 Å². The van der Waals surface area contributed by atoms with Gasteiger partial charge in [0.05, 0.1) is 0 Å². The Bertz CT molecular complexity index is 433. The first-order valence-corrected chi connectivity index (χ1v) is 7.93. The van der Waals surface area contributed by atoms with Crippen molar-refractivity contribution in [2.45, 2.75) is 24.6 Å². The Labute approximate surface area is 119 Å². The Morgan fingerprint density at radius 3 is 2.84 bits per heavy atom. The van der Waals surface area contributed by atoms with Crippen molar-refractivity contribution < 1.29 is 9.53 Å². The van der Waals surface area contributed by atoms with Crippen LogP contribution in [-0.2, 0) is 9.53 Å². The van der Waals surface area contributed by atoms with Crippen LogP contribution in [0.15, 0.2) is 35.4 Å². The first-order valence-electron chi connectivity index (χ1n) is 6.08. The van der Waals surface area contributed by atoms with Crippen molar-refractivity contribution in [2.24, 2.45) is 5.11 Å². The van der Waals surface area contributed by atoms with Gasteiger partial charge in [-0.15, -0.1) is 0 Å². The third-order valence-corrected chi connectivity index (χ3v) is 5.02. The van der Waals surface area contributed by atoms with Crippen LogP contribution in [0.5, 0.6) is 0 Å². The van der Waals surface area contributed by atoms with Crippen LogP contribution in [0.3, 0.4) is 0 Å². The summed E-state index contributed by atoms with van der Waals surface area (Å²) in [6.07, 6.45) is 1.71. The van der Waals surface area contributed by atoms with E-state index in [1.807, 2.05) is 18.2 Å². The Hall–Kier alpha value is -1.48. The van der Waals surface area contributed by atoms with E-state index >= 15 is 0 Å². The van der Waals surface area contributed by atoms with Gasteiger partial charge >= 0.3 is 119 Å². The van der Waals surface area contributed by atoms with Crippen LogP contribution in [0.2, 0.25) is 4.82 Å². The van der Waals surface area contributed by atoms with Crippen LogP contribution in [0.25, 0.3) is 10.4 Å². The number of hydrogen-bond donors (Lipinski definition) is 0. The van der Waals surface area contributed by atoms with Gasteiger partial charge in [0.25, 0.3) is 0 Å². The monoisotopic (exact) mass is 327 g/mol. The van der Waals surface area contributed by atoms with Gasteiger partial charge in [0.1, 0.15) is 0 Å². The standard InChI is InChI=1S/C13H17N3O2Se/c1-11(17)18-9-5-8-13(10-15-16-14)19-12-6-3-2-4-7-12/h2-4,6-7,13H,5,8-10H2,1H3. The van der Waals surface area contributed by atoms with Crippen molar-refractivity contribution in [1.82, 2.24) is 0 Å². The van der Waals surface area contributed by atoms with Crippen LogP contribution in [-0.4, -0.2) is 34.1 Å². The van der Waals surface area contributed by atoms with Crippen LogP contribution in [0.1, 0.15) is 19.8 Å². The Morgan fingerprint density at radius 1 is 1.47 bits per heavy atom. The van der Waals surface area contributed by atoms with Gasteiger partial charge in [-0.1, -0.05) is 0 Å². The number of azide groups is 1.